The maximum Gasteiger partial charge on any atom is 0.321 e. The molecule has 0 bridgehead atoms. The monoisotopic (exact) mass is 474 g/mol. The molecule has 7 heteroatoms. The molecule has 0 amide bonds. The van der Waals surface area contributed by atoms with Crippen LogP contribution in [0.1, 0.15) is 46.6 Å². The molecule has 2 aromatic carbocycles. The second-order valence-electron chi connectivity index (χ2n) is 8.30. The fourth-order valence-electron chi connectivity index (χ4n) is 4.41. The molecular formula is C27H27ClN4O2. The van der Waals surface area contributed by atoms with Gasteiger partial charge in [-0.15, -0.1) is 12.4 Å². The number of hydrogen-bond donors (Lipinski definition) is 1. The average molecular weight is 475 g/mol. The maximum absolute atomic E-state index is 11.8. The summed E-state index contributed by atoms with van der Waals surface area (Å²) in [4.78, 5) is 21.4. The fraction of sp³-hybridized carbons (Fsp3) is 0.259. The van der Waals surface area contributed by atoms with Crippen LogP contribution in [0.4, 0.5) is 0 Å². The first kappa shape index (κ1) is 24.9. The molecule has 2 heterocycles. The molecular weight excluding hydrogens is 448 g/mol. The molecule has 34 heavy (non-hydrogen) atoms. The summed E-state index contributed by atoms with van der Waals surface area (Å²) in [5.41, 5.74) is 6.55. The Labute approximate surface area is 205 Å². The van der Waals surface area contributed by atoms with Crippen molar-refractivity contribution in [1.29, 1.82) is 5.26 Å². The van der Waals surface area contributed by atoms with Crippen LogP contribution in [0.2, 0.25) is 0 Å². The molecule has 4 rings (SSSR count). The number of fused-ring (bicyclic) bond motifs is 1. The molecule has 0 fully saturated rings. The molecule has 2 aromatic heterocycles. The molecule has 2 atom stereocenters. The predicted octanol–water partition coefficient (Wildman–Crippen LogP) is 5.44. The predicted molar refractivity (Wildman–Crippen MR) is 134 cm³/mol. The van der Waals surface area contributed by atoms with E-state index in [1.807, 2.05) is 73.7 Å². The van der Waals surface area contributed by atoms with Gasteiger partial charge in [-0.3, -0.25) is 4.79 Å². The zero-order valence-electron chi connectivity index (χ0n) is 19.4. The van der Waals surface area contributed by atoms with Gasteiger partial charge in [0, 0.05) is 18.0 Å². The smallest absolute Gasteiger partial charge is 0.321 e. The van der Waals surface area contributed by atoms with E-state index in [0.29, 0.717) is 6.54 Å². The number of nitriles is 1. The van der Waals surface area contributed by atoms with Gasteiger partial charge in [0.15, 0.2) is 11.6 Å². The highest BCUT2D eigenvalue weighted by atomic mass is 35.5. The molecule has 0 spiro atoms. The van der Waals surface area contributed by atoms with Gasteiger partial charge < -0.3 is 9.67 Å². The Morgan fingerprint density at radius 1 is 1.06 bits per heavy atom. The Balaban J connectivity index is 0.00000324. The van der Waals surface area contributed by atoms with Gasteiger partial charge >= 0.3 is 5.97 Å². The van der Waals surface area contributed by atoms with Gasteiger partial charge in [0.25, 0.3) is 0 Å². The van der Waals surface area contributed by atoms with E-state index in [1.165, 1.54) is 0 Å². The zero-order chi connectivity index (χ0) is 23.5. The quantitative estimate of drug-likeness (QED) is 0.385. The number of benzene rings is 2. The summed E-state index contributed by atoms with van der Waals surface area (Å²) in [6, 6.07) is 21.2. The van der Waals surface area contributed by atoms with E-state index in [1.54, 1.807) is 0 Å². The summed E-state index contributed by atoms with van der Waals surface area (Å²) >= 11 is 0. The van der Waals surface area contributed by atoms with Gasteiger partial charge in [-0.25, -0.2) is 9.97 Å². The summed E-state index contributed by atoms with van der Waals surface area (Å²) in [6.07, 6.45) is 0.797. The molecule has 0 aliphatic heterocycles. The van der Waals surface area contributed by atoms with Crippen molar-refractivity contribution in [3.63, 3.8) is 0 Å². The van der Waals surface area contributed by atoms with Gasteiger partial charge in [-0.05, 0) is 42.2 Å². The van der Waals surface area contributed by atoms with Crippen molar-refractivity contribution in [3.05, 3.63) is 94.4 Å². The Kier molecular flexibility index (Phi) is 7.70. The van der Waals surface area contributed by atoms with Crippen LogP contribution in [0.15, 0.2) is 60.7 Å². The summed E-state index contributed by atoms with van der Waals surface area (Å²) in [5, 5.41) is 19.2. The number of pyridine rings is 1. The van der Waals surface area contributed by atoms with Crippen LogP contribution in [0.25, 0.3) is 11.2 Å². The number of carboxylic acids is 1. The number of aryl methyl sites for hydroxylation is 3. The van der Waals surface area contributed by atoms with Gasteiger partial charge in [0.2, 0.25) is 0 Å². The standard InChI is InChI=1S/C27H26N4O2.ClH/c1-4-23-30-25-17(2)14-18(3)29-26(25)31(23)16-19-10-12-21(13-11-19)24(22(15-28)27(32)33)20-8-6-5-7-9-20;/h5-14,22,24H,4,16H2,1-3H3,(H,32,33);1H. The van der Waals surface area contributed by atoms with Crippen LogP contribution in [-0.2, 0) is 17.8 Å². The van der Waals surface area contributed by atoms with Crippen LogP contribution in [-0.4, -0.2) is 25.6 Å². The number of carbonyl (C=O) groups is 1. The minimum absolute atomic E-state index is 0. The van der Waals surface area contributed by atoms with E-state index in [-0.39, 0.29) is 12.4 Å². The Hall–Kier alpha value is -3.69. The van der Waals surface area contributed by atoms with E-state index in [2.05, 4.69) is 18.4 Å². The second kappa shape index (κ2) is 10.5. The van der Waals surface area contributed by atoms with Gasteiger partial charge in [0.05, 0.1) is 12.6 Å². The van der Waals surface area contributed by atoms with E-state index in [4.69, 9.17) is 9.97 Å². The third kappa shape index (κ3) is 4.80. The lowest BCUT2D eigenvalue weighted by Gasteiger charge is -2.20. The van der Waals surface area contributed by atoms with Crippen LogP contribution >= 0.6 is 12.4 Å². The molecule has 1 N–H and O–H groups in total. The van der Waals surface area contributed by atoms with Gasteiger partial charge in [0.1, 0.15) is 11.3 Å². The molecule has 2 unspecified atom stereocenters. The first-order valence-electron chi connectivity index (χ1n) is 11.0. The summed E-state index contributed by atoms with van der Waals surface area (Å²) in [5.74, 6) is -1.86. The minimum atomic E-state index is -1.17. The number of nitrogens with zero attached hydrogens (tertiary/aromatic N) is 4. The molecule has 174 valence electrons. The molecule has 0 radical (unpaired) electrons. The fourth-order valence-corrected chi connectivity index (χ4v) is 4.41. The van der Waals surface area contributed by atoms with Crippen molar-refractivity contribution in [1.82, 2.24) is 14.5 Å². The molecule has 6 nitrogen and oxygen atoms in total. The number of rotatable bonds is 7. The molecule has 0 aliphatic carbocycles. The number of imidazole rings is 1. The van der Waals surface area contributed by atoms with E-state index >= 15 is 0 Å². The molecule has 4 aromatic rings. The summed E-state index contributed by atoms with van der Waals surface area (Å²) < 4.78 is 2.15. The number of aliphatic carboxylic acids is 1. The molecule has 0 saturated heterocycles. The SMILES string of the molecule is CCc1nc2c(C)cc(C)nc2n1Cc1ccc(C(c2ccccc2)C(C#N)C(=O)O)cc1.Cl. The van der Waals surface area contributed by atoms with Gasteiger partial charge in [-0.1, -0.05) is 61.5 Å². The Morgan fingerprint density at radius 2 is 1.71 bits per heavy atom. The molecule has 0 aliphatic rings. The van der Waals surface area contributed by atoms with Crippen molar-refractivity contribution in [2.45, 2.75) is 39.7 Å². The minimum Gasteiger partial charge on any atom is -0.480 e. The highest BCUT2D eigenvalue weighted by molar-refractivity contribution is 5.85. The average Bonchev–Trinajstić information content (AvgIpc) is 3.16. The van der Waals surface area contributed by atoms with Crippen LogP contribution in [0.5, 0.6) is 0 Å². The maximum atomic E-state index is 11.8. The van der Waals surface area contributed by atoms with E-state index in [9.17, 15) is 15.2 Å². The van der Waals surface area contributed by atoms with Gasteiger partial charge in [-0.2, -0.15) is 5.26 Å². The Morgan fingerprint density at radius 3 is 2.29 bits per heavy atom. The van der Waals surface area contributed by atoms with E-state index < -0.39 is 17.8 Å². The van der Waals surface area contributed by atoms with Crippen molar-refractivity contribution in [2.24, 2.45) is 5.92 Å². The second-order valence-corrected chi connectivity index (χ2v) is 8.30. The third-order valence-corrected chi connectivity index (χ3v) is 5.99. The summed E-state index contributed by atoms with van der Waals surface area (Å²) in [7, 11) is 0. The first-order valence-corrected chi connectivity index (χ1v) is 11.0. The van der Waals surface area contributed by atoms with Crippen LogP contribution in [0, 0.1) is 31.1 Å². The largest absolute Gasteiger partial charge is 0.480 e. The normalized spacial score (nSPS) is 12.5. The molecule has 0 saturated carbocycles. The lowest BCUT2D eigenvalue weighted by Crippen LogP contribution is -2.21. The summed E-state index contributed by atoms with van der Waals surface area (Å²) in [6.45, 7) is 6.75. The first-order chi connectivity index (χ1) is 15.9. The number of hydrogen-bond acceptors (Lipinski definition) is 4. The number of aromatic nitrogens is 3. The lowest BCUT2D eigenvalue weighted by atomic mass is 9.81. The van der Waals surface area contributed by atoms with Crippen molar-refractivity contribution >= 4 is 29.5 Å². The Bertz CT molecular complexity index is 1340. The van der Waals surface area contributed by atoms with Crippen LogP contribution in [0.3, 0.4) is 0 Å². The van der Waals surface area contributed by atoms with Crippen molar-refractivity contribution in [2.75, 3.05) is 0 Å². The topological polar surface area (TPSA) is 91.8 Å². The zero-order valence-corrected chi connectivity index (χ0v) is 20.2. The highest BCUT2D eigenvalue weighted by Crippen LogP contribution is 2.32. The lowest BCUT2D eigenvalue weighted by molar-refractivity contribution is -0.140. The third-order valence-electron chi connectivity index (χ3n) is 5.99. The highest BCUT2D eigenvalue weighted by Gasteiger charge is 2.30. The van der Waals surface area contributed by atoms with Crippen molar-refractivity contribution in [3.8, 4) is 6.07 Å². The number of halogens is 1. The van der Waals surface area contributed by atoms with Crippen LogP contribution < -0.4 is 0 Å². The van der Waals surface area contributed by atoms with Crippen molar-refractivity contribution < 1.29 is 9.90 Å². The van der Waals surface area contributed by atoms with E-state index in [0.717, 1.165) is 51.4 Å². The number of carboxylic acid groups (broad SMARTS) is 1.